The SMILES string of the molecule is N.[Ce].[Cr].[Ni].[Si]. The van der Waals surface area contributed by atoms with Crippen LogP contribution < -0.4 is 6.15 Å². The van der Waals surface area contributed by atoms with Gasteiger partial charge in [0, 0.05) is 86.6 Å². The Morgan fingerprint density at radius 1 is 1.00 bits per heavy atom. The summed E-state index contributed by atoms with van der Waals surface area (Å²) in [4.78, 5) is 0. The minimum absolute atomic E-state index is 0. The van der Waals surface area contributed by atoms with E-state index in [4.69, 9.17) is 0 Å². The molecule has 0 heterocycles. The van der Waals surface area contributed by atoms with Gasteiger partial charge in [0.15, 0.2) is 0 Å². The average Bonchev–Trinajstić information content (AvgIpc) is 0. The first-order valence-electron chi connectivity index (χ1n) is 0. The second-order valence-corrected chi connectivity index (χ2v) is 0. The average molecular weight is 296 g/mol. The molecular formula is H3CeCrNNiSi. The van der Waals surface area contributed by atoms with Crippen molar-refractivity contribution in [3.05, 3.63) is 0 Å². The maximum atomic E-state index is 0. The Bertz CT molecular complexity index is 11.6. The molecule has 0 rings (SSSR count). The number of rotatable bonds is 0. The molecule has 5 heteroatoms. The van der Waals surface area contributed by atoms with Gasteiger partial charge in [-0.05, 0) is 0 Å². The molecule has 5 heavy (non-hydrogen) atoms. The Balaban J connectivity index is 0. The molecule has 0 aliphatic heterocycles. The van der Waals surface area contributed by atoms with Crippen LogP contribution in [-0.2, 0) is 33.9 Å². The van der Waals surface area contributed by atoms with Crippen LogP contribution in [0.15, 0.2) is 0 Å². The van der Waals surface area contributed by atoms with Crippen LogP contribution in [0, 0.1) is 41.7 Å². The van der Waals surface area contributed by atoms with Gasteiger partial charge in [0.05, 0.1) is 0 Å². The topological polar surface area (TPSA) is 35.0 Å². The summed E-state index contributed by atoms with van der Waals surface area (Å²) >= 11 is 0. The predicted octanol–water partition coefficient (Wildman–Crippen LogP) is -0.224. The molecule has 3 N–H and O–H groups in total. The van der Waals surface area contributed by atoms with E-state index in [9.17, 15) is 0 Å². The van der Waals surface area contributed by atoms with Crippen LogP contribution in [0.2, 0.25) is 0 Å². The summed E-state index contributed by atoms with van der Waals surface area (Å²) < 4.78 is 0. The van der Waals surface area contributed by atoms with E-state index in [0.29, 0.717) is 0 Å². The summed E-state index contributed by atoms with van der Waals surface area (Å²) in [5.74, 6) is 0. The van der Waals surface area contributed by atoms with Crippen molar-refractivity contribution >= 4 is 11.0 Å². The van der Waals surface area contributed by atoms with Gasteiger partial charge >= 0.3 is 0 Å². The van der Waals surface area contributed by atoms with Gasteiger partial charge in [0.1, 0.15) is 0 Å². The van der Waals surface area contributed by atoms with E-state index in [1.54, 1.807) is 0 Å². The van der Waals surface area contributed by atoms with Crippen LogP contribution in [0.1, 0.15) is 0 Å². The van der Waals surface area contributed by atoms with Crippen molar-refractivity contribution in [2.45, 2.75) is 0 Å². The van der Waals surface area contributed by atoms with E-state index in [2.05, 4.69) is 0 Å². The summed E-state index contributed by atoms with van der Waals surface area (Å²) in [5, 5.41) is 0. The van der Waals surface area contributed by atoms with Gasteiger partial charge < -0.3 is 6.15 Å². The van der Waals surface area contributed by atoms with Crippen molar-refractivity contribution in [3.8, 4) is 0 Å². The fourth-order valence-corrected chi connectivity index (χ4v) is 0. The molecule has 1 nitrogen and oxygen atoms in total. The van der Waals surface area contributed by atoms with Crippen LogP contribution in [0.3, 0.4) is 0 Å². The zero-order valence-corrected chi connectivity index (χ0v) is 8.83. The van der Waals surface area contributed by atoms with E-state index in [1.165, 1.54) is 0 Å². The van der Waals surface area contributed by atoms with E-state index in [1.807, 2.05) is 0 Å². The van der Waals surface area contributed by atoms with Gasteiger partial charge in [-0.2, -0.15) is 0 Å². The molecule has 0 aliphatic rings. The normalized spacial score (nSPS) is 0. The van der Waals surface area contributed by atoms with E-state index < -0.39 is 0 Å². The summed E-state index contributed by atoms with van der Waals surface area (Å²) in [6.07, 6.45) is 0. The zero-order chi connectivity index (χ0) is 0. The molecule has 0 bridgehead atoms. The van der Waals surface area contributed by atoms with Crippen molar-refractivity contribution < 1.29 is 75.6 Å². The van der Waals surface area contributed by atoms with Gasteiger partial charge in [-0.1, -0.05) is 0 Å². The minimum Gasteiger partial charge on any atom is -0.344 e. The van der Waals surface area contributed by atoms with Crippen molar-refractivity contribution in [2.75, 3.05) is 0 Å². The van der Waals surface area contributed by atoms with Gasteiger partial charge in [0.2, 0.25) is 0 Å². The quantitative estimate of drug-likeness (QED) is 0.616. The molecule has 0 aromatic rings. The van der Waals surface area contributed by atoms with Crippen molar-refractivity contribution in [1.82, 2.24) is 6.15 Å². The van der Waals surface area contributed by atoms with Crippen LogP contribution in [0.5, 0.6) is 0 Å². The summed E-state index contributed by atoms with van der Waals surface area (Å²) in [7, 11) is 0. The monoisotopic (exact) mass is 295 g/mol. The summed E-state index contributed by atoms with van der Waals surface area (Å²) in [6.45, 7) is 0. The third kappa shape index (κ3) is 20.7. The zero-order valence-electron chi connectivity index (χ0n) is 2.43. The second kappa shape index (κ2) is 30.8. The number of hydrogen-bond donors (Lipinski definition) is 1. The fourth-order valence-electron chi connectivity index (χ4n) is 0. The standard InChI is InChI=1S/Ce.Cr.H3N.Ni.Si/h;;1H3;;. The summed E-state index contributed by atoms with van der Waals surface area (Å²) in [5.41, 5.74) is 0. The van der Waals surface area contributed by atoms with Gasteiger partial charge in [-0.3, -0.25) is 0 Å². The van der Waals surface area contributed by atoms with E-state index in [0.717, 1.165) is 0 Å². The van der Waals surface area contributed by atoms with E-state index in [-0.39, 0.29) is 92.7 Å². The Morgan fingerprint density at radius 2 is 1.00 bits per heavy atom. The molecule has 0 unspecified atom stereocenters. The van der Waals surface area contributed by atoms with Crippen LogP contribution in [-0.4, -0.2) is 11.0 Å². The fraction of sp³-hybridized carbons (Fsp3) is 0. The molecule has 0 aromatic carbocycles. The minimum atomic E-state index is 0. The molecule has 0 amide bonds. The Kier molecular flexibility index (Phi) is 304. The molecule has 4 radical (unpaired) electrons. The summed E-state index contributed by atoms with van der Waals surface area (Å²) in [6, 6.07) is 0. The smallest absolute Gasteiger partial charge is 0 e. The third-order valence-electron chi connectivity index (χ3n) is 0. The maximum Gasteiger partial charge on any atom is 0 e. The molecular weight excluding hydrogens is 293 g/mol. The molecule has 32 valence electrons. The van der Waals surface area contributed by atoms with E-state index >= 15 is 0 Å². The van der Waals surface area contributed by atoms with Gasteiger partial charge in [-0.25, -0.2) is 0 Å². The molecule has 0 saturated heterocycles. The van der Waals surface area contributed by atoms with Crippen LogP contribution >= 0.6 is 0 Å². The molecule has 0 aliphatic carbocycles. The first-order valence-corrected chi connectivity index (χ1v) is 0. The third-order valence-corrected chi connectivity index (χ3v) is 0. The van der Waals surface area contributed by atoms with Crippen LogP contribution in [0.25, 0.3) is 0 Å². The van der Waals surface area contributed by atoms with Crippen LogP contribution in [0.4, 0.5) is 0 Å². The molecule has 0 atom stereocenters. The number of hydrogen-bond acceptors (Lipinski definition) is 1. The van der Waals surface area contributed by atoms with Gasteiger partial charge in [0.25, 0.3) is 0 Å². The Labute approximate surface area is 91.1 Å². The van der Waals surface area contributed by atoms with Crippen molar-refractivity contribution in [3.63, 3.8) is 0 Å². The Hall–Kier alpha value is 2.58. The largest absolute Gasteiger partial charge is 0.344 e. The molecule has 0 aromatic heterocycles. The molecule has 0 fully saturated rings. The van der Waals surface area contributed by atoms with Crippen molar-refractivity contribution in [1.29, 1.82) is 0 Å². The first-order chi connectivity index (χ1) is 0. The first kappa shape index (κ1) is 49.3. The Morgan fingerprint density at radius 3 is 1.00 bits per heavy atom. The molecule has 0 spiro atoms. The predicted molar refractivity (Wildman–Crippen MR) is 10.8 cm³/mol. The second-order valence-electron chi connectivity index (χ2n) is 0. The van der Waals surface area contributed by atoms with Crippen molar-refractivity contribution in [2.24, 2.45) is 0 Å². The maximum absolute atomic E-state index is 0. The molecule has 0 saturated carbocycles. The van der Waals surface area contributed by atoms with Gasteiger partial charge in [-0.15, -0.1) is 0 Å².